The molecule has 2 heterocycles. The first-order chi connectivity index (χ1) is 10.7. The molecule has 1 N–H and O–H groups in total. The molecule has 1 aliphatic rings. The summed E-state index contributed by atoms with van der Waals surface area (Å²) < 4.78 is 13.1. The number of hydrogen-bond donors (Lipinski definition) is 1. The molecule has 1 aromatic carbocycles. The van der Waals surface area contributed by atoms with Gasteiger partial charge < -0.3 is 10.2 Å². The van der Waals surface area contributed by atoms with Gasteiger partial charge in [-0.15, -0.1) is 0 Å². The molecule has 1 amide bonds. The van der Waals surface area contributed by atoms with Crippen molar-refractivity contribution in [2.24, 2.45) is 5.92 Å². The minimum atomic E-state index is -0.352. The third-order valence-electron chi connectivity index (χ3n) is 3.83. The normalized spacial score (nSPS) is 15.6. The smallest absolute Gasteiger partial charge is 0.227 e. The van der Waals surface area contributed by atoms with Gasteiger partial charge in [0, 0.05) is 37.1 Å². The number of carbonyl (C=O) groups is 1. The van der Waals surface area contributed by atoms with E-state index in [4.69, 9.17) is 0 Å². The largest absolute Gasteiger partial charge is 0.355 e. The van der Waals surface area contributed by atoms with Crippen molar-refractivity contribution in [2.45, 2.75) is 12.8 Å². The van der Waals surface area contributed by atoms with Gasteiger partial charge in [-0.2, -0.15) is 0 Å². The van der Waals surface area contributed by atoms with E-state index >= 15 is 0 Å². The van der Waals surface area contributed by atoms with Gasteiger partial charge in [-0.25, -0.2) is 9.37 Å². The van der Waals surface area contributed by atoms with E-state index in [1.807, 2.05) is 0 Å². The number of carbonyl (C=O) groups excluding carboxylic acids is 1. The lowest BCUT2D eigenvalue weighted by molar-refractivity contribution is -0.120. The average molecular weight is 300 g/mol. The Bertz CT molecular complexity index is 642. The van der Waals surface area contributed by atoms with E-state index < -0.39 is 0 Å². The van der Waals surface area contributed by atoms with Gasteiger partial charge in [0.05, 0.1) is 6.20 Å². The third-order valence-corrected chi connectivity index (χ3v) is 3.83. The van der Waals surface area contributed by atoms with Gasteiger partial charge in [-0.3, -0.25) is 9.78 Å². The summed E-state index contributed by atoms with van der Waals surface area (Å²) in [5.74, 6) is 0.377. The van der Waals surface area contributed by atoms with Crippen molar-refractivity contribution in [1.29, 1.82) is 0 Å². The quantitative estimate of drug-likeness (QED) is 0.946. The number of rotatable bonds is 3. The second-order valence-electron chi connectivity index (χ2n) is 5.32. The minimum absolute atomic E-state index is 0.0515. The van der Waals surface area contributed by atoms with Crippen LogP contribution >= 0.6 is 0 Å². The number of nitrogens with one attached hydrogen (secondary N) is 1. The van der Waals surface area contributed by atoms with Gasteiger partial charge in [-0.1, -0.05) is 6.07 Å². The standard InChI is InChI=1S/C16H17FN4O/c17-13-2-1-3-14(10-13)20-16(22)12-4-8-21(9-5-12)15-11-18-6-7-19-15/h1-3,6-7,10-12H,4-5,8-9H2,(H,20,22). The maximum Gasteiger partial charge on any atom is 0.227 e. The lowest BCUT2D eigenvalue weighted by Gasteiger charge is -2.31. The molecule has 0 atom stereocenters. The molecule has 0 aliphatic carbocycles. The van der Waals surface area contributed by atoms with Crippen LogP contribution in [0.3, 0.4) is 0 Å². The van der Waals surface area contributed by atoms with Crippen LogP contribution in [0.2, 0.25) is 0 Å². The SMILES string of the molecule is O=C(Nc1cccc(F)c1)C1CCN(c2cnccn2)CC1. The molecule has 6 heteroatoms. The van der Waals surface area contributed by atoms with E-state index in [0.29, 0.717) is 5.69 Å². The monoisotopic (exact) mass is 300 g/mol. The zero-order chi connectivity index (χ0) is 15.4. The molecular formula is C16H17FN4O. The van der Waals surface area contributed by atoms with Crippen molar-refractivity contribution >= 4 is 17.4 Å². The Balaban J connectivity index is 1.56. The highest BCUT2D eigenvalue weighted by molar-refractivity contribution is 5.92. The predicted molar refractivity (Wildman–Crippen MR) is 82.0 cm³/mol. The highest BCUT2D eigenvalue weighted by Crippen LogP contribution is 2.22. The molecule has 0 saturated carbocycles. The van der Waals surface area contributed by atoms with Crippen molar-refractivity contribution < 1.29 is 9.18 Å². The summed E-state index contributed by atoms with van der Waals surface area (Å²) in [6.45, 7) is 1.53. The van der Waals surface area contributed by atoms with Gasteiger partial charge in [0.25, 0.3) is 0 Å². The number of amides is 1. The van der Waals surface area contributed by atoms with Gasteiger partial charge in [0.2, 0.25) is 5.91 Å². The summed E-state index contributed by atoms with van der Waals surface area (Å²) in [7, 11) is 0. The molecule has 1 fully saturated rings. The molecule has 1 saturated heterocycles. The van der Waals surface area contributed by atoms with Crippen LogP contribution < -0.4 is 10.2 Å². The Kier molecular flexibility index (Phi) is 4.27. The Hall–Kier alpha value is -2.50. The summed E-state index contributed by atoms with van der Waals surface area (Å²) in [5.41, 5.74) is 0.501. The van der Waals surface area contributed by atoms with Crippen molar-refractivity contribution in [1.82, 2.24) is 9.97 Å². The zero-order valence-corrected chi connectivity index (χ0v) is 12.1. The molecule has 3 rings (SSSR count). The van der Waals surface area contributed by atoms with Gasteiger partial charge in [-0.05, 0) is 31.0 Å². The molecular weight excluding hydrogens is 283 g/mol. The molecule has 0 unspecified atom stereocenters. The number of aromatic nitrogens is 2. The van der Waals surface area contributed by atoms with E-state index in [2.05, 4.69) is 20.2 Å². The first kappa shape index (κ1) is 14.4. The Morgan fingerprint density at radius 3 is 2.77 bits per heavy atom. The Morgan fingerprint density at radius 2 is 2.09 bits per heavy atom. The molecule has 114 valence electrons. The molecule has 22 heavy (non-hydrogen) atoms. The second kappa shape index (κ2) is 6.51. The number of hydrogen-bond acceptors (Lipinski definition) is 4. The predicted octanol–water partition coefficient (Wildman–Crippen LogP) is 2.47. The highest BCUT2D eigenvalue weighted by Gasteiger charge is 2.25. The van der Waals surface area contributed by atoms with E-state index in [0.717, 1.165) is 31.7 Å². The zero-order valence-electron chi connectivity index (χ0n) is 12.1. The molecule has 1 aromatic heterocycles. The topological polar surface area (TPSA) is 58.1 Å². The van der Waals surface area contributed by atoms with Crippen LogP contribution in [0.1, 0.15) is 12.8 Å². The summed E-state index contributed by atoms with van der Waals surface area (Å²) >= 11 is 0. The molecule has 0 spiro atoms. The molecule has 1 aliphatic heterocycles. The van der Waals surface area contributed by atoms with Crippen LogP contribution in [0.5, 0.6) is 0 Å². The maximum absolute atomic E-state index is 13.1. The summed E-state index contributed by atoms with van der Waals surface area (Å²) in [5, 5.41) is 2.78. The summed E-state index contributed by atoms with van der Waals surface area (Å²) in [6.07, 6.45) is 6.53. The fourth-order valence-electron chi connectivity index (χ4n) is 2.64. The van der Waals surface area contributed by atoms with E-state index in [-0.39, 0.29) is 17.6 Å². The Labute approximate surface area is 128 Å². The maximum atomic E-state index is 13.1. The first-order valence-corrected chi connectivity index (χ1v) is 7.30. The number of anilines is 2. The molecule has 5 nitrogen and oxygen atoms in total. The van der Waals surface area contributed by atoms with E-state index in [9.17, 15) is 9.18 Å². The van der Waals surface area contributed by atoms with Gasteiger partial charge in [0.15, 0.2) is 0 Å². The lowest BCUT2D eigenvalue weighted by atomic mass is 9.96. The second-order valence-corrected chi connectivity index (χ2v) is 5.32. The highest BCUT2D eigenvalue weighted by atomic mass is 19.1. The van der Waals surface area contributed by atoms with Crippen LogP contribution in [0.15, 0.2) is 42.9 Å². The number of benzene rings is 1. The van der Waals surface area contributed by atoms with Gasteiger partial charge >= 0.3 is 0 Å². The van der Waals surface area contributed by atoms with Crippen LogP contribution in [-0.2, 0) is 4.79 Å². The van der Waals surface area contributed by atoms with Crippen LogP contribution in [0.4, 0.5) is 15.9 Å². The minimum Gasteiger partial charge on any atom is -0.355 e. The first-order valence-electron chi connectivity index (χ1n) is 7.30. The fourth-order valence-corrected chi connectivity index (χ4v) is 2.64. The van der Waals surface area contributed by atoms with Crippen LogP contribution in [0, 0.1) is 11.7 Å². The molecule has 2 aromatic rings. The van der Waals surface area contributed by atoms with Gasteiger partial charge in [0.1, 0.15) is 11.6 Å². The average Bonchev–Trinajstić information content (AvgIpc) is 2.56. The summed E-state index contributed by atoms with van der Waals surface area (Å²) in [6, 6.07) is 5.96. The van der Waals surface area contributed by atoms with Crippen molar-refractivity contribution in [3.8, 4) is 0 Å². The van der Waals surface area contributed by atoms with E-state index in [1.165, 1.54) is 12.1 Å². The number of halogens is 1. The van der Waals surface area contributed by atoms with E-state index in [1.54, 1.807) is 30.7 Å². The third kappa shape index (κ3) is 3.39. The molecule has 0 bridgehead atoms. The van der Waals surface area contributed by atoms with Crippen LogP contribution in [-0.4, -0.2) is 29.0 Å². The Morgan fingerprint density at radius 1 is 1.27 bits per heavy atom. The van der Waals surface area contributed by atoms with Crippen LogP contribution in [0.25, 0.3) is 0 Å². The molecule has 0 radical (unpaired) electrons. The van der Waals surface area contributed by atoms with Crippen molar-refractivity contribution in [3.63, 3.8) is 0 Å². The number of nitrogens with zero attached hydrogens (tertiary/aromatic N) is 3. The van der Waals surface area contributed by atoms with Crippen molar-refractivity contribution in [3.05, 3.63) is 48.7 Å². The lowest BCUT2D eigenvalue weighted by Crippen LogP contribution is -2.38. The fraction of sp³-hybridized carbons (Fsp3) is 0.312. The number of piperidine rings is 1. The van der Waals surface area contributed by atoms with Crippen molar-refractivity contribution in [2.75, 3.05) is 23.3 Å². The summed E-state index contributed by atoms with van der Waals surface area (Å²) in [4.78, 5) is 22.7.